The molecule has 1 aliphatic heterocycles. The minimum atomic E-state index is -3.30. The average Bonchev–Trinajstić information content (AvgIpc) is 2.87. The summed E-state index contributed by atoms with van der Waals surface area (Å²) in [5.74, 6) is 2.56. The number of likely N-dealkylation sites (tertiary alicyclic amines) is 1. The van der Waals surface area contributed by atoms with E-state index in [0.29, 0.717) is 11.4 Å². The number of ether oxygens (including phenoxy) is 1. The molecular formula is C28H39N3O4S. The van der Waals surface area contributed by atoms with Crippen molar-refractivity contribution < 1.29 is 17.9 Å². The van der Waals surface area contributed by atoms with E-state index in [2.05, 4.69) is 27.1 Å². The molecule has 1 saturated carbocycles. The minimum Gasteiger partial charge on any atom is -0.457 e. The monoisotopic (exact) mass is 513 g/mol. The lowest BCUT2D eigenvalue weighted by Crippen LogP contribution is -2.40. The predicted molar refractivity (Wildman–Crippen MR) is 144 cm³/mol. The molecule has 1 aliphatic carbocycles. The van der Waals surface area contributed by atoms with Gasteiger partial charge in [0, 0.05) is 24.7 Å². The minimum absolute atomic E-state index is 0.141. The number of amides is 1. The number of rotatable bonds is 10. The first kappa shape index (κ1) is 26.5. The van der Waals surface area contributed by atoms with E-state index < -0.39 is 10.0 Å². The van der Waals surface area contributed by atoms with Crippen LogP contribution in [0.4, 0.5) is 5.69 Å². The Hall–Kier alpha value is -2.58. The van der Waals surface area contributed by atoms with Gasteiger partial charge in [0.1, 0.15) is 11.5 Å². The Morgan fingerprint density at radius 2 is 1.53 bits per heavy atom. The van der Waals surface area contributed by atoms with Crippen LogP contribution in [0, 0.1) is 11.8 Å². The van der Waals surface area contributed by atoms with Crippen LogP contribution in [0.3, 0.4) is 0 Å². The maximum absolute atomic E-state index is 12.6. The van der Waals surface area contributed by atoms with E-state index in [9.17, 15) is 13.2 Å². The molecule has 8 heteroatoms. The fourth-order valence-electron chi connectivity index (χ4n) is 5.24. The second kappa shape index (κ2) is 12.6. The summed E-state index contributed by atoms with van der Waals surface area (Å²) < 4.78 is 31.0. The number of nitrogens with one attached hydrogen (secondary N) is 2. The van der Waals surface area contributed by atoms with Crippen molar-refractivity contribution in [2.45, 2.75) is 57.9 Å². The van der Waals surface area contributed by atoms with Gasteiger partial charge in [0.2, 0.25) is 15.9 Å². The van der Waals surface area contributed by atoms with Crippen LogP contribution in [0.15, 0.2) is 48.5 Å². The zero-order valence-electron chi connectivity index (χ0n) is 21.2. The smallest absolute Gasteiger partial charge is 0.229 e. The van der Waals surface area contributed by atoms with E-state index in [1.54, 1.807) is 24.3 Å². The molecule has 1 saturated heterocycles. The van der Waals surface area contributed by atoms with E-state index >= 15 is 0 Å². The van der Waals surface area contributed by atoms with E-state index in [-0.39, 0.29) is 11.8 Å². The molecule has 0 spiro atoms. The average molecular weight is 514 g/mol. The standard InChI is InChI=1S/C28H39N3O4S/c1-36(33,34)30-25-9-13-27(14-10-25)35-26-11-7-23(8-12-26)21-31-19-16-24(17-20-31)28(32)29-18-15-22-5-3-2-4-6-22/h7-14,22,24,30H,2-6,15-21H2,1H3,(H,29,32). The first-order valence-corrected chi connectivity index (χ1v) is 15.1. The molecule has 2 N–H and O–H groups in total. The van der Waals surface area contributed by atoms with Crippen molar-refractivity contribution in [3.05, 3.63) is 54.1 Å². The lowest BCUT2D eigenvalue weighted by molar-refractivity contribution is -0.126. The lowest BCUT2D eigenvalue weighted by atomic mass is 9.87. The summed E-state index contributed by atoms with van der Waals surface area (Å²) in [6.07, 6.45) is 10.8. The van der Waals surface area contributed by atoms with Crippen LogP contribution in [-0.2, 0) is 21.4 Å². The van der Waals surface area contributed by atoms with Crippen molar-refractivity contribution in [3.8, 4) is 11.5 Å². The van der Waals surface area contributed by atoms with Gasteiger partial charge >= 0.3 is 0 Å². The highest BCUT2D eigenvalue weighted by molar-refractivity contribution is 7.92. The summed E-state index contributed by atoms with van der Waals surface area (Å²) in [7, 11) is -3.30. The SMILES string of the molecule is CS(=O)(=O)Nc1ccc(Oc2ccc(CN3CCC(C(=O)NCCC4CCCCC4)CC3)cc2)cc1. The van der Waals surface area contributed by atoms with E-state index in [1.807, 2.05) is 12.1 Å². The molecule has 1 heterocycles. The molecule has 4 rings (SSSR count). The quantitative estimate of drug-likeness (QED) is 0.459. The van der Waals surface area contributed by atoms with Crippen LogP contribution in [0.2, 0.25) is 0 Å². The predicted octanol–water partition coefficient (Wildman–Crippen LogP) is 5.15. The molecule has 7 nitrogen and oxygen atoms in total. The Labute approximate surface area is 215 Å². The van der Waals surface area contributed by atoms with Gasteiger partial charge in [-0.2, -0.15) is 0 Å². The molecule has 2 aromatic rings. The lowest BCUT2D eigenvalue weighted by Gasteiger charge is -2.31. The third-order valence-electron chi connectivity index (χ3n) is 7.26. The number of carbonyl (C=O) groups excluding carboxylic acids is 1. The van der Waals surface area contributed by atoms with Crippen LogP contribution in [0.25, 0.3) is 0 Å². The van der Waals surface area contributed by atoms with Gasteiger partial charge in [-0.3, -0.25) is 14.4 Å². The number of piperidine rings is 1. The van der Waals surface area contributed by atoms with E-state index in [4.69, 9.17) is 4.74 Å². The van der Waals surface area contributed by atoms with Gasteiger partial charge in [-0.15, -0.1) is 0 Å². The second-order valence-corrected chi connectivity index (χ2v) is 12.0. The van der Waals surface area contributed by atoms with Crippen molar-refractivity contribution >= 4 is 21.6 Å². The Kier molecular flexibility index (Phi) is 9.26. The molecule has 0 bridgehead atoms. The fourth-order valence-corrected chi connectivity index (χ4v) is 5.80. The number of anilines is 1. The third kappa shape index (κ3) is 8.52. The van der Waals surface area contributed by atoms with Gasteiger partial charge in [0.25, 0.3) is 0 Å². The molecule has 0 atom stereocenters. The Morgan fingerprint density at radius 3 is 2.14 bits per heavy atom. The highest BCUT2D eigenvalue weighted by atomic mass is 32.2. The number of sulfonamides is 1. The number of nitrogens with zero attached hydrogens (tertiary/aromatic N) is 1. The van der Waals surface area contributed by atoms with Gasteiger partial charge in [-0.25, -0.2) is 8.42 Å². The van der Waals surface area contributed by atoms with Crippen LogP contribution in [0.1, 0.15) is 56.9 Å². The Bertz CT molecular complexity index is 1070. The largest absolute Gasteiger partial charge is 0.457 e. The molecule has 0 aromatic heterocycles. The Morgan fingerprint density at radius 1 is 0.917 bits per heavy atom. The topological polar surface area (TPSA) is 87.7 Å². The van der Waals surface area contributed by atoms with Crippen molar-refractivity contribution in [2.75, 3.05) is 30.6 Å². The molecule has 2 aromatic carbocycles. The molecular weight excluding hydrogens is 474 g/mol. The van der Waals surface area contributed by atoms with E-state index in [1.165, 1.54) is 37.7 Å². The molecule has 2 aliphatic rings. The fraction of sp³-hybridized carbons (Fsp3) is 0.536. The summed E-state index contributed by atoms with van der Waals surface area (Å²) in [5, 5.41) is 3.20. The highest BCUT2D eigenvalue weighted by Gasteiger charge is 2.25. The van der Waals surface area contributed by atoms with Gasteiger partial charge in [0.05, 0.1) is 6.26 Å². The van der Waals surface area contributed by atoms with Gasteiger partial charge in [-0.1, -0.05) is 44.2 Å². The maximum Gasteiger partial charge on any atom is 0.229 e. The summed E-state index contributed by atoms with van der Waals surface area (Å²) >= 11 is 0. The zero-order chi connectivity index (χ0) is 25.4. The summed E-state index contributed by atoms with van der Waals surface area (Å²) in [4.78, 5) is 15.0. The van der Waals surface area contributed by atoms with Crippen molar-refractivity contribution in [3.63, 3.8) is 0 Å². The number of hydrogen-bond acceptors (Lipinski definition) is 5. The normalized spacial score (nSPS) is 18.0. The molecule has 1 amide bonds. The van der Waals surface area contributed by atoms with E-state index in [0.717, 1.165) is 63.4 Å². The first-order chi connectivity index (χ1) is 17.3. The van der Waals surface area contributed by atoms with Crippen LogP contribution in [0.5, 0.6) is 11.5 Å². The summed E-state index contributed by atoms with van der Waals surface area (Å²) in [6, 6.07) is 14.8. The van der Waals surface area contributed by atoms with Gasteiger partial charge in [-0.05, 0) is 80.2 Å². The van der Waals surface area contributed by atoms with Gasteiger partial charge < -0.3 is 10.1 Å². The van der Waals surface area contributed by atoms with Crippen LogP contribution in [-0.4, -0.2) is 45.1 Å². The van der Waals surface area contributed by atoms with Crippen molar-refractivity contribution in [2.24, 2.45) is 11.8 Å². The molecule has 0 unspecified atom stereocenters. The molecule has 36 heavy (non-hydrogen) atoms. The zero-order valence-corrected chi connectivity index (χ0v) is 22.1. The van der Waals surface area contributed by atoms with Gasteiger partial charge in [0.15, 0.2) is 0 Å². The highest BCUT2D eigenvalue weighted by Crippen LogP contribution is 2.27. The molecule has 196 valence electrons. The number of carbonyl (C=O) groups is 1. The number of benzene rings is 2. The first-order valence-electron chi connectivity index (χ1n) is 13.2. The summed E-state index contributed by atoms with van der Waals surface area (Å²) in [5.41, 5.74) is 1.71. The summed E-state index contributed by atoms with van der Waals surface area (Å²) in [6.45, 7) is 3.57. The number of hydrogen-bond donors (Lipinski definition) is 2. The second-order valence-electron chi connectivity index (χ2n) is 10.3. The van der Waals surface area contributed by atoms with Crippen molar-refractivity contribution in [1.29, 1.82) is 0 Å². The third-order valence-corrected chi connectivity index (χ3v) is 7.86. The molecule has 0 radical (unpaired) electrons. The van der Waals surface area contributed by atoms with Crippen molar-refractivity contribution in [1.82, 2.24) is 10.2 Å². The van der Waals surface area contributed by atoms with Crippen LogP contribution < -0.4 is 14.8 Å². The van der Waals surface area contributed by atoms with Crippen LogP contribution >= 0.6 is 0 Å². The molecule has 2 fully saturated rings. The maximum atomic E-state index is 12.6. The Balaban J connectivity index is 1.16.